The number of pyridine rings is 1. The highest BCUT2D eigenvalue weighted by molar-refractivity contribution is 8.02. The maximum atomic E-state index is 12.1. The van der Waals surface area contributed by atoms with Gasteiger partial charge in [-0.3, -0.25) is 14.4 Å². The van der Waals surface area contributed by atoms with Crippen LogP contribution in [-0.2, 0) is 11.2 Å². The third-order valence-corrected chi connectivity index (χ3v) is 6.27. The number of thiophene rings is 1. The van der Waals surface area contributed by atoms with Gasteiger partial charge in [-0.15, -0.1) is 23.1 Å². The van der Waals surface area contributed by atoms with Crippen LogP contribution in [0.4, 0.5) is 0 Å². The Morgan fingerprint density at radius 3 is 2.70 bits per heavy atom. The summed E-state index contributed by atoms with van der Waals surface area (Å²) in [5.41, 5.74) is 6.34. The van der Waals surface area contributed by atoms with Gasteiger partial charge in [-0.05, 0) is 12.0 Å². The number of hydrogen-bond donors (Lipinski definition) is 4. The van der Waals surface area contributed by atoms with E-state index in [1.165, 1.54) is 0 Å². The van der Waals surface area contributed by atoms with E-state index in [1.54, 1.807) is 0 Å². The fourth-order valence-corrected chi connectivity index (χ4v) is 4.84. The fourth-order valence-electron chi connectivity index (χ4n) is 2.56. The van der Waals surface area contributed by atoms with Crippen molar-refractivity contribution in [1.82, 2.24) is 10.3 Å². The molecule has 0 aliphatic rings. The van der Waals surface area contributed by atoms with E-state index in [9.17, 15) is 19.5 Å². The second-order valence-corrected chi connectivity index (χ2v) is 7.99. The molecule has 0 radical (unpaired) electrons. The SMILES string of the molecule is NC(=O)c1c(SCC(=O)NCCc2ccccc2)sc2c(O)cc(=O)[nH]c12. The van der Waals surface area contributed by atoms with Crippen molar-refractivity contribution in [3.05, 3.63) is 57.9 Å². The summed E-state index contributed by atoms with van der Waals surface area (Å²) in [5.74, 6) is -1.04. The number of aromatic hydroxyl groups is 1. The Balaban J connectivity index is 1.66. The summed E-state index contributed by atoms with van der Waals surface area (Å²) in [6.07, 6.45) is 0.724. The lowest BCUT2D eigenvalue weighted by molar-refractivity contribution is -0.118. The van der Waals surface area contributed by atoms with Gasteiger partial charge in [-0.25, -0.2) is 0 Å². The molecule has 0 unspecified atom stereocenters. The molecule has 2 heterocycles. The van der Waals surface area contributed by atoms with Crippen molar-refractivity contribution in [2.45, 2.75) is 10.6 Å². The molecule has 0 bridgehead atoms. The van der Waals surface area contributed by atoms with Crippen molar-refractivity contribution in [2.75, 3.05) is 12.3 Å². The molecule has 9 heteroatoms. The van der Waals surface area contributed by atoms with Crippen LogP contribution in [0.25, 0.3) is 10.2 Å². The lowest BCUT2D eigenvalue weighted by Crippen LogP contribution is -2.27. The lowest BCUT2D eigenvalue weighted by atomic mass is 10.1. The number of hydrogen-bond acceptors (Lipinski definition) is 6. The Morgan fingerprint density at radius 2 is 2.00 bits per heavy atom. The van der Waals surface area contributed by atoms with Crippen LogP contribution in [0, 0.1) is 0 Å². The van der Waals surface area contributed by atoms with E-state index in [4.69, 9.17) is 5.73 Å². The largest absolute Gasteiger partial charge is 0.506 e. The first kappa shape index (κ1) is 19.0. The quantitative estimate of drug-likeness (QED) is 0.448. The van der Waals surface area contributed by atoms with Crippen molar-refractivity contribution in [1.29, 1.82) is 0 Å². The fraction of sp³-hybridized carbons (Fsp3) is 0.167. The zero-order valence-electron chi connectivity index (χ0n) is 14.2. The van der Waals surface area contributed by atoms with Gasteiger partial charge in [0.15, 0.2) is 0 Å². The minimum atomic E-state index is -0.727. The molecule has 27 heavy (non-hydrogen) atoms. The van der Waals surface area contributed by atoms with Crippen LogP contribution in [0.5, 0.6) is 5.75 Å². The summed E-state index contributed by atoms with van der Waals surface area (Å²) in [6.45, 7) is 0.507. The van der Waals surface area contributed by atoms with Gasteiger partial charge in [-0.1, -0.05) is 30.3 Å². The number of benzene rings is 1. The molecule has 2 amide bonds. The summed E-state index contributed by atoms with van der Waals surface area (Å²) in [7, 11) is 0. The predicted molar refractivity (Wildman–Crippen MR) is 107 cm³/mol. The number of carbonyl (C=O) groups is 2. The third kappa shape index (κ3) is 4.50. The highest BCUT2D eigenvalue weighted by Crippen LogP contribution is 2.39. The van der Waals surface area contributed by atoms with Gasteiger partial charge in [0.2, 0.25) is 5.91 Å². The van der Waals surface area contributed by atoms with Crippen molar-refractivity contribution in [3.63, 3.8) is 0 Å². The highest BCUT2D eigenvalue weighted by atomic mass is 32.2. The number of fused-ring (bicyclic) bond motifs is 1. The topological polar surface area (TPSA) is 125 Å². The molecular formula is C18H17N3O4S2. The van der Waals surface area contributed by atoms with E-state index < -0.39 is 11.5 Å². The number of nitrogens with one attached hydrogen (secondary N) is 2. The molecule has 0 aliphatic heterocycles. The second kappa shape index (κ2) is 8.28. The molecule has 0 spiro atoms. The number of rotatable bonds is 7. The number of nitrogens with two attached hydrogens (primary N) is 1. The van der Waals surface area contributed by atoms with Crippen LogP contribution < -0.4 is 16.6 Å². The molecule has 0 fully saturated rings. The molecule has 1 aromatic carbocycles. The van der Waals surface area contributed by atoms with Gasteiger partial charge < -0.3 is 21.1 Å². The number of aromatic nitrogens is 1. The van der Waals surface area contributed by atoms with Crippen molar-refractivity contribution < 1.29 is 14.7 Å². The number of carbonyl (C=O) groups excluding carboxylic acids is 2. The van der Waals surface area contributed by atoms with Gasteiger partial charge in [0, 0.05) is 12.6 Å². The molecule has 3 aromatic rings. The molecular weight excluding hydrogens is 386 g/mol. The van der Waals surface area contributed by atoms with Crippen LogP contribution >= 0.6 is 23.1 Å². The Bertz CT molecular complexity index is 1040. The minimum absolute atomic E-state index is 0.0902. The van der Waals surface area contributed by atoms with E-state index in [1.807, 2.05) is 30.3 Å². The van der Waals surface area contributed by atoms with Gasteiger partial charge in [0.1, 0.15) is 5.75 Å². The summed E-state index contributed by atoms with van der Waals surface area (Å²) in [6, 6.07) is 10.8. The number of thioether (sulfide) groups is 1. The molecule has 7 nitrogen and oxygen atoms in total. The van der Waals surface area contributed by atoms with Crippen molar-refractivity contribution in [2.24, 2.45) is 5.73 Å². The van der Waals surface area contributed by atoms with Crippen LogP contribution in [0.15, 0.2) is 45.4 Å². The normalized spacial score (nSPS) is 10.8. The average Bonchev–Trinajstić information content (AvgIpc) is 3.00. The van der Waals surface area contributed by atoms with E-state index in [0.29, 0.717) is 15.5 Å². The van der Waals surface area contributed by atoms with Gasteiger partial charge in [0.05, 0.1) is 25.7 Å². The molecule has 0 atom stereocenters. The summed E-state index contributed by atoms with van der Waals surface area (Å²) < 4.78 is 0.836. The molecule has 3 rings (SSSR count). The Hall–Kier alpha value is -2.78. The Labute approximate surface area is 162 Å². The van der Waals surface area contributed by atoms with Crippen LogP contribution in [0.3, 0.4) is 0 Å². The summed E-state index contributed by atoms with van der Waals surface area (Å²) in [4.78, 5) is 38.0. The standard InChI is InChI=1S/C18H17N3O4S2/c19-17(25)14-15-16(11(22)8-12(23)21-15)27-18(14)26-9-13(24)20-7-6-10-4-2-1-3-5-10/h1-5,8H,6-7,9H2,(H2,19,25)(H,20,24)(H2,21,22,23). The predicted octanol–water partition coefficient (Wildman–Crippen LogP) is 1.85. The minimum Gasteiger partial charge on any atom is -0.506 e. The first-order chi connectivity index (χ1) is 13.0. The van der Waals surface area contributed by atoms with E-state index in [2.05, 4.69) is 10.3 Å². The highest BCUT2D eigenvalue weighted by Gasteiger charge is 2.21. The maximum absolute atomic E-state index is 12.1. The molecule has 0 saturated carbocycles. The van der Waals surface area contributed by atoms with E-state index in [0.717, 1.165) is 41.1 Å². The molecule has 0 aliphatic carbocycles. The van der Waals surface area contributed by atoms with E-state index in [-0.39, 0.29) is 28.5 Å². The zero-order valence-corrected chi connectivity index (χ0v) is 15.8. The molecule has 5 N–H and O–H groups in total. The van der Waals surface area contributed by atoms with Gasteiger partial charge in [-0.2, -0.15) is 0 Å². The smallest absolute Gasteiger partial charge is 0.252 e. The van der Waals surface area contributed by atoms with Gasteiger partial charge >= 0.3 is 0 Å². The Kier molecular flexibility index (Phi) is 5.82. The van der Waals surface area contributed by atoms with Crippen LogP contribution in [-0.4, -0.2) is 34.2 Å². The lowest BCUT2D eigenvalue weighted by Gasteiger charge is -2.05. The number of aromatic amines is 1. The Morgan fingerprint density at radius 1 is 1.26 bits per heavy atom. The molecule has 0 saturated heterocycles. The third-order valence-electron chi connectivity index (χ3n) is 3.78. The summed E-state index contributed by atoms with van der Waals surface area (Å²) in [5, 5.41) is 12.7. The molecule has 2 aromatic heterocycles. The average molecular weight is 403 g/mol. The van der Waals surface area contributed by atoms with Crippen molar-refractivity contribution >= 4 is 45.1 Å². The van der Waals surface area contributed by atoms with Crippen LogP contribution in [0.2, 0.25) is 0 Å². The monoisotopic (exact) mass is 403 g/mol. The van der Waals surface area contributed by atoms with E-state index >= 15 is 0 Å². The van der Waals surface area contributed by atoms with Gasteiger partial charge in [0.25, 0.3) is 11.5 Å². The zero-order chi connectivity index (χ0) is 19.4. The first-order valence-corrected chi connectivity index (χ1v) is 9.88. The summed E-state index contributed by atoms with van der Waals surface area (Å²) >= 11 is 2.25. The maximum Gasteiger partial charge on any atom is 0.252 e. The number of primary amides is 1. The number of H-pyrrole nitrogens is 1. The number of amides is 2. The molecule has 140 valence electrons. The first-order valence-electron chi connectivity index (χ1n) is 8.07. The van der Waals surface area contributed by atoms with Crippen molar-refractivity contribution in [3.8, 4) is 5.75 Å². The second-order valence-electron chi connectivity index (χ2n) is 5.73. The van der Waals surface area contributed by atoms with Crippen LogP contribution in [0.1, 0.15) is 15.9 Å².